The first-order chi connectivity index (χ1) is 8.12. The van der Waals surface area contributed by atoms with Crippen molar-refractivity contribution in [2.24, 2.45) is 0 Å². The molecule has 1 aromatic rings. The summed E-state index contributed by atoms with van der Waals surface area (Å²) < 4.78 is 25.9. The molecule has 0 saturated heterocycles. The van der Waals surface area contributed by atoms with Gasteiger partial charge in [0.15, 0.2) is 0 Å². The van der Waals surface area contributed by atoms with Crippen molar-refractivity contribution in [1.29, 1.82) is 0 Å². The Bertz CT molecular complexity index is 464. The zero-order valence-corrected chi connectivity index (χ0v) is 10.8. The Morgan fingerprint density at radius 1 is 1.24 bits per heavy atom. The predicted molar refractivity (Wildman–Crippen MR) is 67.2 cm³/mol. The van der Waals surface area contributed by atoms with Crippen LogP contribution < -0.4 is 10.0 Å². The number of nitrogens with one attached hydrogen (secondary N) is 2. The van der Waals surface area contributed by atoms with E-state index >= 15 is 0 Å². The van der Waals surface area contributed by atoms with Crippen molar-refractivity contribution >= 4 is 10.0 Å². The lowest BCUT2D eigenvalue weighted by atomic mass is 10.2. The molecule has 0 radical (unpaired) electrons. The van der Waals surface area contributed by atoms with E-state index in [1.54, 1.807) is 19.1 Å². The summed E-state index contributed by atoms with van der Waals surface area (Å²) in [5.41, 5.74) is 1.12. The number of rotatable bonds is 6. The lowest BCUT2D eigenvalue weighted by Crippen LogP contribution is -2.23. The Balaban J connectivity index is 2.01. The first-order valence-corrected chi connectivity index (χ1v) is 7.42. The summed E-state index contributed by atoms with van der Waals surface area (Å²) >= 11 is 0. The molecule has 1 aliphatic carbocycles. The van der Waals surface area contributed by atoms with E-state index in [4.69, 9.17) is 0 Å². The van der Waals surface area contributed by atoms with Gasteiger partial charge in [0.2, 0.25) is 10.0 Å². The highest BCUT2D eigenvalue weighted by molar-refractivity contribution is 7.89. The van der Waals surface area contributed by atoms with Gasteiger partial charge in [-0.05, 0) is 30.5 Å². The topological polar surface area (TPSA) is 58.2 Å². The molecule has 5 heteroatoms. The number of benzene rings is 1. The van der Waals surface area contributed by atoms with E-state index < -0.39 is 10.0 Å². The standard InChI is InChI=1S/C12H18N2O2S/c1-2-14-17(15,16)12-7-3-10(4-8-12)9-13-11-5-6-11/h3-4,7-8,11,13-14H,2,5-6,9H2,1H3. The van der Waals surface area contributed by atoms with E-state index in [-0.39, 0.29) is 0 Å². The van der Waals surface area contributed by atoms with Gasteiger partial charge in [0, 0.05) is 19.1 Å². The van der Waals surface area contributed by atoms with E-state index in [1.165, 1.54) is 12.8 Å². The van der Waals surface area contributed by atoms with Crippen molar-refractivity contribution < 1.29 is 8.42 Å². The lowest BCUT2D eigenvalue weighted by Gasteiger charge is -2.06. The maximum absolute atomic E-state index is 11.7. The Morgan fingerprint density at radius 2 is 1.88 bits per heavy atom. The summed E-state index contributed by atoms with van der Waals surface area (Å²) in [6.07, 6.45) is 2.51. The molecule has 0 amide bonds. The fraction of sp³-hybridized carbons (Fsp3) is 0.500. The quantitative estimate of drug-likeness (QED) is 0.803. The molecule has 1 aromatic carbocycles. The smallest absolute Gasteiger partial charge is 0.240 e. The molecule has 94 valence electrons. The van der Waals surface area contributed by atoms with Crippen molar-refractivity contribution in [2.75, 3.05) is 6.54 Å². The van der Waals surface area contributed by atoms with Crippen LogP contribution in [0.3, 0.4) is 0 Å². The molecule has 17 heavy (non-hydrogen) atoms. The third kappa shape index (κ3) is 3.52. The fourth-order valence-electron chi connectivity index (χ4n) is 1.61. The molecule has 1 fully saturated rings. The van der Waals surface area contributed by atoms with Crippen LogP contribution in [0, 0.1) is 0 Å². The highest BCUT2D eigenvalue weighted by Gasteiger charge is 2.20. The maximum atomic E-state index is 11.7. The molecule has 1 aliphatic rings. The predicted octanol–water partition coefficient (Wildman–Crippen LogP) is 1.24. The maximum Gasteiger partial charge on any atom is 0.240 e. The van der Waals surface area contributed by atoms with Crippen molar-refractivity contribution in [3.63, 3.8) is 0 Å². The summed E-state index contributed by atoms with van der Waals surface area (Å²) in [6, 6.07) is 7.70. The van der Waals surface area contributed by atoms with Crippen LogP contribution in [-0.4, -0.2) is 21.0 Å². The Labute approximate surface area is 102 Å². The second-order valence-corrected chi connectivity index (χ2v) is 6.07. The summed E-state index contributed by atoms with van der Waals surface area (Å²) in [7, 11) is -3.32. The van der Waals surface area contributed by atoms with Gasteiger partial charge in [0.1, 0.15) is 0 Å². The van der Waals surface area contributed by atoms with Gasteiger partial charge in [0.05, 0.1) is 4.90 Å². The van der Waals surface area contributed by atoms with Crippen LogP contribution in [-0.2, 0) is 16.6 Å². The molecular weight excluding hydrogens is 236 g/mol. The number of hydrogen-bond acceptors (Lipinski definition) is 3. The molecule has 0 unspecified atom stereocenters. The molecule has 0 bridgehead atoms. The third-order valence-electron chi connectivity index (χ3n) is 2.74. The van der Waals surface area contributed by atoms with E-state index in [1.807, 2.05) is 12.1 Å². The minimum Gasteiger partial charge on any atom is -0.310 e. The fourth-order valence-corrected chi connectivity index (χ4v) is 2.65. The molecule has 0 spiro atoms. The average Bonchev–Trinajstić information content (AvgIpc) is 3.11. The second kappa shape index (κ2) is 5.16. The van der Waals surface area contributed by atoms with Crippen LogP contribution in [0.2, 0.25) is 0 Å². The summed E-state index contributed by atoms with van der Waals surface area (Å²) in [5, 5.41) is 3.39. The van der Waals surface area contributed by atoms with Crippen molar-refractivity contribution in [3.8, 4) is 0 Å². The Morgan fingerprint density at radius 3 is 2.41 bits per heavy atom. The molecule has 0 heterocycles. The van der Waals surface area contributed by atoms with Gasteiger partial charge in [-0.15, -0.1) is 0 Å². The molecule has 0 aliphatic heterocycles. The highest BCUT2D eigenvalue weighted by atomic mass is 32.2. The molecule has 0 atom stereocenters. The molecular formula is C12H18N2O2S. The van der Waals surface area contributed by atoms with Gasteiger partial charge in [0.25, 0.3) is 0 Å². The van der Waals surface area contributed by atoms with Crippen LogP contribution >= 0.6 is 0 Å². The summed E-state index contributed by atoms with van der Waals surface area (Å²) in [5.74, 6) is 0. The van der Waals surface area contributed by atoms with Gasteiger partial charge >= 0.3 is 0 Å². The van der Waals surface area contributed by atoms with Crippen LogP contribution in [0.4, 0.5) is 0 Å². The summed E-state index contributed by atoms with van der Waals surface area (Å²) in [6.45, 7) is 2.99. The average molecular weight is 254 g/mol. The molecule has 4 nitrogen and oxygen atoms in total. The van der Waals surface area contributed by atoms with Crippen LogP contribution in [0.1, 0.15) is 25.3 Å². The molecule has 0 aromatic heterocycles. The minimum atomic E-state index is -3.32. The van der Waals surface area contributed by atoms with Crippen LogP contribution in [0.5, 0.6) is 0 Å². The van der Waals surface area contributed by atoms with Gasteiger partial charge in [-0.25, -0.2) is 13.1 Å². The largest absolute Gasteiger partial charge is 0.310 e. The third-order valence-corrected chi connectivity index (χ3v) is 4.30. The highest BCUT2D eigenvalue weighted by Crippen LogP contribution is 2.19. The summed E-state index contributed by atoms with van der Waals surface area (Å²) in [4.78, 5) is 0.328. The van der Waals surface area contributed by atoms with Crippen LogP contribution in [0.15, 0.2) is 29.2 Å². The van der Waals surface area contributed by atoms with E-state index in [0.717, 1.165) is 12.1 Å². The second-order valence-electron chi connectivity index (χ2n) is 4.30. The van der Waals surface area contributed by atoms with Gasteiger partial charge in [-0.3, -0.25) is 0 Å². The van der Waals surface area contributed by atoms with Crippen molar-refractivity contribution in [3.05, 3.63) is 29.8 Å². The van der Waals surface area contributed by atoms with E-state index in [2.05, 4.69) is 10.0 Å². The lowest BCUT2D eigenvalue weighted by molar-refractivity contribution is 0.584. The normalized spacial score (nSPS) is 16.1. The molecule has 2 rings (SSSR count). The number of sulfonamides is 1. The van der Waals surface area contributed by atoms with E-state index in [0.29, 0.717) is 17.5 Å². The monoisotopic (exact) mass is 254 g/mol. The van der Waals surface area contributed by atoms with Crippen molar-refractivity contribution in [2.45, 2.75) is 37.2 Å². The van der Waals surface area contributed by atoms with Gasteiger partial charge < -0.3 is 5.32 Å². The first-order valence-electron chi connectivity index (χ1n) is 5.94. The van der Waals surface area contributed by atoms with Gasteiger partial charge in [-0.1, -0.05) is 19.1 Å². The SMILES string of the molecule is CCNS(=O)(=O)c1ccc(CNC2CC2)cc1. The zero-order chi connectivity index (χ0) is 12.3. The Hall–Kier alpha value is -0.910. The Kier molecular flexibility index (Phi) is 3.81. The van der Waals surface area contributed by atoms with E-state index in [9.17, 15) is 8.42 Å². The van der Waals surface area contributed by atoms with Crippen LogP contribution in [0.25, 0.3) is 0 Å². The van der Waals surface area contributed by atoms with Gasteiger partial charge in [-0.2, -0.15) is 0 Å². The van der Waals surface area contributed by atoms with Crippen molar-refractivity contribution in [1.82, 2.24) is 10.0 Å². The zero-order valence-electron chi connectivity index (χ0n) is 9.94. The minimum absolute atomic E-state index is 0.328. The molecule has 2 N–H and O–H groups in total. The molecule has 1 saturated carbocycles. The number of hydrogen-bond donors (Lipinski definition) is 2. The first kappa shape index (κ1) is 12.5.